The van der Waals surface area contributed by atoms with Crippen molar-refractivity contribution in [3.63, 3.8) is 0 Å². The fraction of sp³-hybridized carbons (Fsp3) is 0.937. The van der Waals surface area contributed by atoms with Gasteiger partial charge in [0.25, 0.3) is 0 Å². The predicted octanol–water partition coefficient (Wildman–Crippen LogP) is 17.4. The van der Waals surface area contributed by atoms with Crippen molar-refractivity contribution in [1.82, 2.24) is 0 Å². The largest absolute Gasteiger partial charge is 0.472 e. The van der Waals surface area contributed by atoms with Crippen molar-refractivity contribution in [3.8, 4) is 0 Å². The Kier molecular flexibility index (Phi) is 55.5. The van der Waals surface area contributed by atoms with Crippen molar-refractivity contribution in [2.24, 2.45) is 5.92 Å². The number of aliphatic hydroxyl groups excluding tert-OH is 1. The summed E-state index contributed by atoms with van der Waals surface area (Å²) >= 11 is 0. The van der Waals surface area contributed by atoms with E-state index in [4.69, 9.17) is 37.0 Å². The molecule has 0 bridgehead atoms. The van der Waals surface area contributed by atoms with Gasteiger partial charge in [0, 0.05) is 25.7 Å². The van der Waals surface area contributed by atoms with Gasteiger partial charge in [-0.05, 0) is 31.6 Å². The van der Waals surface area contributed by atoms with E-state index in [-0.39, 0.29) is 25.7 Å². The molecule has 19 heteroatoms. The van der Waals surface area contributed by atoms with Crippen LogP contribution < -0.4 is 0 Å². The third kappa shape index (κ3) is 57.2. The molecule has 0 aromatic carbocycles. The molecule has 0 rings (SSSR count). The van der Waals surface area contributed by atoms with Crippen molar-refractivity contribution in [2.45, 2.75) is 335 Å². The Morgan fingerprint density at radius 2 is 0.561 bits per heavy atom. The first kappa shape index (κ1) is 80.1. The second-order valence-electron chi connectivity index (χ2n) is 23.3. The summed E-state index contributed by atoms with van der Waals surface area (Å²) in [7, 11) is -9.87. The quantitative estimate of drug-likeness (QED) is 0.0222. The third-order valence-electron chi connectivity index (χ3n) is 14.5. The van der Waals surface area contributed by atoms with Crippen LogP contribution in [0.15, 0.2) is 0 Å². The molecule has 486 valence electrons. The van der Waals surface area contributed by atoms with Crippen LogP contribution in [-0.2, 0) is 65.4 Å². The Hall–Kier alpha value is -1.94. The van der Waals surface area contributed by atoms with E-state index in [1.807, 2.05) is 0 Å². The fourth-order valence-corrected chi connectivity index (χ4v) is 11.0. The van der Waals surface area contributed by atoms with E-state index in [1.165, 1.54) is 135 Å². The molecule has 0 aromatic rings. The number of carbonyl (C=O) groups excluding carboxylic acids is 4. The zero-order chi connectivity index (χ0) is 60.6. The van der Waals surface area contributed by atoms with Crippen LogP contribution >= 0.6 is 15.6 Å². The lowest BCUT2D eigenvalue weighted by molar-refractivity contribution is -0.161. The number of unbranched alkanes of at least 4 members (excludes halogenated alkanes) is 35. The van der Waals surface area contributed by atoms with Crippen LogP contribution in [0.2, 0.25) is 0 Å². The van der Waals surface area contributed by atoms with Crippen LogP contribution in [0.1, 0.15) is 317 Å². The lowest BCUT2D eigenvalue weighted by Crippen LogP contribution is -2.30. The van der Waals surface area contributed by atoms with Gasteiger partial charge in [-0.3, -0.25) is 37.3 Å². The number of phosphoric ester groups is 2. The molecule has 0 aromatic heterocycles. The second kappa shape index (κ2) is 56.8. The average Bonchev–Trinajstić information content (AvgIpc) is 3.44. The molecule has 0 fully saturated rings. The Morgan fingerprint density at radius 1 is 0.329 bits per heavy atom. The van der Waals surface area contributed by atoms with E-state index in [0.717, 1.165) is 102 Å². The van der Waals surface area contributed by atoms with E-state index >= 15 is 0 Å². The molecular weight excluding hydrogens is 1090 g/mol. The molecule has 0 aliphatic carbocycles. The van der Waals surface area contributed by atoms with Gasteiger partial charge in [-0.1, -0.05) is 266 Å². The first-order valence-corrected chi connectivity index (χ1v) is 36.1. The number of carbonyl (C=O) groups is 4. The van der Waals surface area contributed by atoms with E-state index in [9.17, 15) is 43.2 Å². The maximum Gasteiger partial charge on any atom is 0.472 e. The summed E-state index contributed by atoms with van der Waals surface area (Å²) < 4.78 is 67.8. The Morgan fingerprint density at radius 3 is 0.829 bits per heavy atom. The van der Waals surface area contributed by atoms with Gasteiger partial charge in [0.2, 0.25) is 0 Å². The predicted molar refractivity (Wildman–Crippen MR) is 326 cm³/mol. The minimum Gasteiger partial charge on any atom is -0.462 e. The zero-order valence-electron chi connectivity index (χ0n) is 52.6. The number of hydrogen-bond donors (Lipinski definition) is 3. The van der Waals surface area contributed by atoms with Crippen LogP contribution in [0, 0.1) is 5.92 Å². The maximum absolute atomic E-state index is 13.0. The average molecular weight is 1210 g/mol. The molecule has 0 saturated heterocycles. The minimum atomic E-state index is -4.94. The minimum absolute atomic E-state index is 0.106. The highest BCUT2D eigenvalue weighted by Crippen LogP contribution is 2.45. The van der Waals surface area contributed by atoms with Crippen molar-refractivity contribution in [1.29, 1.82) is 0 Å². The van der Waals surface area contributed by atoms with Gasteiger partial charge >= 0.3 is 39.5 Å². The Labute approximate surface area is 498 Å². The van der Waals surface area contributed by atoms with Crippen LogP contribution in [-0.4, -0.2) is 96.7 Å². The number of hydrogen-bond acceptors (Lipinski definition) is 15. The van der Waals surface area contributed by atoms with Crippen LogP contribution in [0.4, 0.5) is 0 Å². The van der Waals surface area contributed by atoms with Gasteiger partial charge < -0.3 is 33.8 Å². The lowest BCUT2D eigenvalue weighted by atomic mass is 10.0. The zero-order valence-corrected chi connectivity index (χ0v) is 54.4. The van der Waals surface area contributed by atoms with Gasteiger partial charge in [0.15, 0.2) is 12.2 Å². The molecule has 0 aliphatic heterocycles. The van der Waals surface area contributed by atoms with E-state index in [0.29, 0.717) is 25.7 Å². The molecule has 5 atom stereocenters. The van der Waals surface area contributed by atoms with Crippen molar-refractivity contribution < 1.29 is 80.2 Å². The molecule has 0 aliphatic rings. The summed E-state index contributed by atoms with van der Waals surface area (Å²) in [6, 6.07) is 0. The Bertz CT molecular complexity index is 1600. The lowest BCUT2D eigenvalue weighted by Gasteiger charge is -2.21. The van der Waals surface area contributed by atoms with Gasteiger partial charge in [0.05, 0.1) is 26.4 Å². The maximum atomic E-state index is 13.0. The normalized spacial score (nSPS) is 14.3. The summed E-state index contributed by atoms with van der Waals surface area (Å²) in [5.74, 6) is -1.42. The number of rotatable bonds is 63. The second-order valence-corrected chi connectivity index (χ2v) is 26.2. The highest BCUT2D eigenvalue weighted by molar-refractivity contribution is 7.47. The number of phosphoric acid groups is 2. The first-order chi connectivity index (χ1) is 39.5. The number of ether oxygens (including phenoxy) is 4. The van der Waals surface area contributed by atoms with E-state index < -0.39 is 97.5 Å². The SMILES string of the molecule is CCCCCCCCCCCCCCCCCC(=O)O[C@H](COC(=O)CCCCCCCCCCC(C)C)COP(=O)(O)OC[C@@H](O)COP(=O)(O)OC[C@@H](COC(=O)CCCCCCC)OC(=O)CCCCCCCCCCCCC. The summed E-state index contributed by atoms with van der Waals surface area (Å²) in [6.07, 6.45) is 40.6. The number of esters is 4. The van der Waals surface area contributed by atoms with Crippen LogP contribution in [0.25, 0.3) is 0 Å². The molecule has 0 spiro atoms. The highest BCUT2D eigenvalue weighted by Gasteiger charge is 2.30. The first-order valence-electron chi connectivity index (χ1n) is 33.1. The summed E-state index contributed by atoms with van der Waals surface area (Å²) in [4.78, 5) is 71.9. The molecule has 0 radical (unpaired) electrons. The van der Waals surface area contributed by atoms with Crippen molar-refractivity contribution in [3.05, 3.63) is 0 Å². The molecular formula is C63H122O17P2. The third-order valence-corrected chi connectivity index (χ3v) is 16.4. The van der Waals surface area contributed by atoms with Gasteiger partial charge in [-0.2, -0.15) is 0 Å². The summed E-state index contributed by atoms with van der Waals surface area (Å²) in [5, 5.41) is 10.5. The van der Waals surface area contributed by atoms with Crippen LogP contribution in [0.5, 0.6) is 0 Å². The standard InChI is InChI=1S/C63H122O17P2/c1-6-9-12-15-17-19-21-22-23-24-26-28-34-39-44-49-63(68)80-59(53-74-61(66)47-42-37-32-30-29-31-36-40-45-56(4)5)55-78-82(71,72)76-51-57(64)50-75-81(69,70)77-54-58(52-73-60(65)46-41-35-14-11-8-3)79-62(67)48-43-38-33-27-25-20-18-16-13-10-7-2/h56-59,64H,6-55H2,1-5H3,(H,69,70)(H,71,72)/t57-,58+,59+/m0/s1. The molecule has 2 unspecified atom stereocenters. The smallest absolute Gasteiger partial charge is 0.462 e. The molecule has 0 saturated carbocycles. The molecule has 82 heavy (non-hydrogen) atoms. The monoisotopic (exact) mass is 1210 g/mol. The van der Waals surface area contributed by atoms with Gasteiger partial charge in [-0.15, -0.1) is 0 Å². The van der Waals surface area contributed by atoms with Crippen molar-refractivity contribution >= 4 is 39.5 Å². The van der Waals surface area contributed by atoms with Crippen LogP contribution in [0.3, 0.4) is 0 Å². The van der Waals surface area contributed by atoms with E-state index in [1.54, 1.807) is 0 Å². The van der Waals surface area contributed by atoms with E-state index in [2.05, 4.69) is 34.6 Å². The Balaban J connectivity index is 5.17. The molecule has 0 heterocycles. The van der Waals surface area contributed by atoms with Gasteiger partial charge in [-0.25, -0.2) is 9.13 Å². The molecule has 3 N–H and O–H groups in total. The van der Waals surface area contributed by atoms with Gasteiger partial charge in [0.1, 0.15) is 19.3 Å². The van der Waals surface area contributed by atoms with Crippen molar-refractivity contribution in [2.75, 3.05) is 39.6 Å². The highest BCUT2D eigenvalue weighted by atomic mass is 31.2. The summed E-state index contributed by atoms with van der Waals surface area (Å²) in [5.41, 5.74) is 0. The fourth-order valence-electron chi connectivity index (χ4n) is 9.41. The number of aliphatic hydroxyl groups is 1. The molecule has 0 amide bonds. The molecule has 17 nitrogen and oxygen atoms in total. The summed E-state index contributed by atoms with van der Waals surface area (Å²) in [6.45, 7) is 7.07. The topological polar surface area (TPSA) is 237 Å².